The molecule has 21 heavy (non-hydrogen) atoms. The van der Waals surface area contributed by atoms with Gasteiger partial charge in [-0.1, -0.05) is 11.6 Å². The number of methoxy groups -OCH3 is 2. The van der Waals surface area contributed by atoms with Gasteiger partial charge in [0.15, 0.2) is 0 Å². The number of hydrogen-bond acceptors (Lipinski definition) is 4. The highest BCUT2D eigenvalue weighted by Crippen LogP contribution is 2.24. The maximum atomic E-state index is 12.1. The highest BCUT2D eigenvalue weighted by atomic mass is 35.5. The van der Waals surface area contributed by atoms with Crippen LogP contribution in [-0.2, 0) is 6.54 Å². The molecule has 0 spiro atoms. The summed E-state index contributed by atoms with van der Waals surface area (Å²) >= 11 is 5.77. The molecule has 0 aliphatic carbocycles. The lowest BCUT2D eigenvalue weighted by atomic mass is 10.1. The van der Waals surface area contributed by atoms with Crippen LogP contribution in [0.3, 0.4) is 0 Å². The second-order valence-electron chi connectivity index (χ2n) is 4.24. The maximum absolute atomic E-state index is 12.1. The average Bonchev–Trinajstić information content (AvgIpc) is 2.91. The number of halogens is 1. The number of ether oxygens (including phenoxy) is 2. The highest BCUT2D eigenvalue weighted by Gasteiger charge is 2.12. The Morgan fingerprint density at radius 2 is 2.19 bits per heavy atom. The summed E-state index contributed by atoms with van der Waals surface area (Å²) in [5, 5.41) is 7.41. The van der Waals surface area contributed by atoms with Gasteiger partial charge < -0.3 is 14.8 Å². The van der Waals surface area contributed by atoms with E-state index in [2.05, 4.69) is 10.4 Å². The van der Waals surface area contributed by atoms with Crippen LogP contribution in [0.1, 0.15) is 10.4 Å². The quantitative estimate of drug-likeness (QED) is 0.886. The molecule has 6 nitrogen and oxygen atoms in total. The van der Waals surface area contributed by atoms with Crippen molar-refractivity contribution in [2.75, 3.05) is 20.8 Å². The molecule has 7 heteroatoms. The number of carbonyl (C=O) groups is 1. The van der Waals surface area contributed by atoms with Crippen LogP contribution in [0.2, 0.25) is 5.02 Å². The Labute approximate surface area is 127 Å². The molecule has 1 aromatic heterocycles. The first-order valence-electron chi connectivity index (χ1n) is 6.32. The lowest BCUT2D eigenvalue weighted by molar-refractivity contribution is 0.0949. The molecule has 0 fully saturated rings. The molecule has 0 atom stereocenters. The van der Waals surface area contributed by atoms with E-state index in [1.807, 2.05) is 0 Å². The summed E-state index contributed by atoms with van der Waals surface area (Å²) in [4.78, 5) is 12.1. The van der Waals surface area contributed by atoms with Crippen LogP contribution in [0.4, 0.5) is 0 Å². The van der Waals surface area contributed by atoms with Gasteiger partial charge in [0.25, 0.3) is 5.91 Å². The minimum atomic E-state index is -0.215. The SMILES string of the molecule is COc1ccc(C(=O)NCCn2cc(Cl)cn2)c(OC)c1. The van der Waals surface area contributed by atoms with Gasteiger partial charge in [0.2, 0.25) is 0 Å². The maximum Gasteiger partial charge on any atom is 0.255 e. The Bertz CT molecular complexity index is 628. The smallest absolute Gasteiger partial charge is 0.255 e. The summed E-state index contributed by atoms with van der Waals surface area (Å²) in [6.45, 7) is 0.975. The Hall–Kier alpha value is -2.21. The van der Waals surface area contributed by atoms with Crippen molar-refractivity contribution in [3.63, 3.8) is 0 Å². The van der Waals surface area contributed by atoms with E-state index in [0.29, 0.717) is 35.2 Å². The van der Waals surface area contributed by atoms with Crippen molar-refractivity contribution in [3.05, 3.63) is 41.2 Å². The number of carbonyl (C=O) groups excluding carboxylic acids is 1. The predicted octanol–water partition coefficient (Wildman–Crippen LogP) is 1.98. The fourth-order valence-electron chi connectivity index (χ4n) is 1.83. The first-order chi connectivity index (χ1) is 10.1. The fourth-order valence-corrected chi connectivity index (χ4v) is 1.98. The number of hydrogen-bond donors (Lipinski definition) is 1. The molecule has 0 saturated heterocycles. The van der Waals surface area contributed by atoms with Crippen molar-refractivity contribution in [2.24, 2.45) is 0 Å². The van der Waals surface area contributed by atoms with Crippen molar-refractivity contribution in [2.45, 2.75) is 6.54 Å². The van der Waals surface area contributed by atoms with E-state index >= 15 is 0 Å². The van der Waals surface area contributed by atoms with E-state index in [9.17, 15) is 4.79 Å². The number of nitrogens with zero attached hydrogens (tertiary/aromatic N) is 2. The van der Waals surface area contributed by atoms with Crippen LogP contribution in [-0.4, -0.2) is 36.5 Å². The Kier molecular flexibility index (Phi) is 5.05. The van der Waals surface area contributed by atoms with Gasteiger partial charge >= 0.3 is 0 Å². The molecule has 0 unspecified atom stereocenters. The molecule has 0 aliphatic rings. The molecule has 1 amide bonds. The molecule has 0 aliphatic heterocycles. The van der Waals surface area contributed by atoms with Crippen LogP contribution < -0.4 is 14.8 Å². The lowest BCUT2D eigenvalue weighted by Gasteiger charge is -2.10. The van der Waals surface area contributed by atoms with Crippen molar-refractivity contribution < 1.29 is 14.3 Å². The van der Waals surface area contributed by atoms with Gasteiger partial charge in [-0.2, -0.15) is 5.10 Å². The average molecular weight is 310 g/mol. The molecule has 1 N–H and O–H groups in total. The minimum absolute atomic E-state index is 0.215. The molecule has 0 saturated carbocycles. The molecule has 0 radical (unpaired) electrons. The zero-order valence-corrected chi connectivity index (χ0v) is 12.6. The number of amides is 1. The lowest BCUT2D eigenvalue weighted by Crippen LogP contribution is -2.27. The van der Waals surface area contributed by atoms with Gasteiger partial charge in [-0.05, 0) is 12.1 Å². The Morgan fingerprint density at radius 1 is 1.38 bits per heavy atom. The second-order valence-corrected chi connectivity index (χ2v) is 4.68. The highest BCUT2D eigenvalue weighted by molar-refractivity contribution is 6.30. The Morgan fingerprint density at radius 3 is 2.81 bits per heavy atom. The van der Waals surface area contributed by atoms with Crippen molar-refractivity contribution >= 4 is 17.5 Å². The number of benzene rings is 1. The summed E-state index contributed by atoms with van der Waals surface area (Å²) in [5.74, 6) is 0.885. The Balaban J connectivity index is 1.96. The van der Waals surface area contributed by atoms with Crippen molar-refractivity contribution in [1.82, 2.24) is 15.1 Å². The summed E-state index contributed by atoms with van der Waals surface area (Å²) in [6.07, 6.45) is 3.25. The van der Waals surface area contributed by atoms with E-state index in [1.54, 1.807) is 42.4 Å². The normalized spacial score (nSPS) is 10.2. The molecule has 0 bridgehead atoms. The third-order valence-corrected chi connectivity index (χ3v) is 3.08. The van der Waals surface area contributed by atoms with Crippen molar-refractivity contribution in [3.8, 4) is 11.5 Å². The van der Waals surface area contributed by atoms with Gasteiger partial charge in [-0.15, -0.1) is 0 Å². The van der Waals surface area contributed by atoms with Gasteiger partial charge in [0.05, 0.1) is 37.5 Å². The van der Waals surface area contributed by atoms with Crippen LogP contribution in [0.15, 0.2) is 30.6 Å². The van der Waals surface area contributed by atoms with E-state index < -0.39 is 0 Å². The van der Waals surface area contributed by atoms with Crippen LogP contribution in [0.5, 0.6) is 11.5 Å². The third-order valence-electron chi connectivity index (χ3n) is 2.88. The molecule has 2 aromatic rings. The van der Waals surface area contributed by atoms with Crippen LogP contribution in [0.25, 0.3) is 0 Å². The van der Waals surface area contributed by atoms with E-state index in [1.165, 1.54) is 7.11 Å². The number of nitrogens with one attached hydrogen (secondary N) is 1. The summed E-state index contributed by atoms with van der Waals surface area (Å²) < 4.78 is 12.0. The van der Waals surface area contributed by atoms with Crippen LogP contribution >= 0.6 is 11.6 Å². The van der Waals surface area contributed by atoms with Gasteiger partial charge in [-0.25, -0.2) is 0 Å². The largest absolute Gasteiger partial charge is 0.497 e. The summed E-state index contributed by atoms with van der Waals surface area (Å²) in [7, 11) is 3.07. The topological polar surface area (TPSA) is 65.4 Å². The molecule has 112 valence electrons. The van der Waals surface area contributed by atoms with Gasteiger partial charge in [0.1, 0.15) is 11.5 Å². The van der Waals surface area contributed by atoms with E-state index in [4.69, 9.17) is 21.1 Å². The predicted molar refractivity (Wildman–Crippen MR) is 79.1 cm³/mol. The monoisotopic (exact) mass is 309 g/mol. The molecule has 1 aromatic carbocycles. The first-order valence-corrected chi connectivity index (χ1v) is 6.70. The zero-order chi connectivity index (χ0) is 15.2. The number of rotatable bonds is 6. The fraction of sp³-hybridized carbons (Fsp3) is 0.286. The summed E-state index contributed by atoms with van der Waals surface area (Å²) in [6, 6.07) is 5.05. The second kappa shape index (κ2) is 6.99. The van der Waals surface area contributed by atoms with E-state index in [0.717, 1.165) is 0 Å². The van der Waals surface area contributed by atoms with Crippen LogP contribution in [0, 0.1) is 0 Å². The summed E-state index contributed by atoms with van der Waals surface area (Å²) in [5.41, 5.74) is 0.455. The van der Waals surface area contributed by atoms with Gasteiger partial charge in [0, 0.05) is 18.8 Å². The van der Waals surface area contributed by atoms with Crippen molar-refractivity contribution in [1.29, 1.82) is 0 Å². The molecule has 2 rings (SSSR count). The van der Waals surface area contributed by atoms with E-state index in [-0.39, 0.29) is 5.91 Å². The molecule has 1 heterocycles. The minimum Gasteiger partial charge on any atom is -0.497 e. The first kappa shape index (κ1) is 15.2. The third kappa shape index (κ3) is 3.88. The standard InChI is InChI=1S/C14H16ClN3O3/c1-20-11-3-4-12(13(7-11)21-2)14(19)16-5-6-18-9-10(15)8-17-18/h3-4,7-9H,5-6H2,1-2H3,(H,16,19). The molecular formula is C14H16ClN3O3. The van der Waals surface area contributed by atoms with Gasteiger partial charge in [-0.3, -0.25) is 9.48 Å². The molecular weight excluding hydrogens is 294 g/mol. The zero-order valence-electron chi connectivity index (χ0n) is 11.8. The number of aromatic nitrogens is 2.